The van der Waals surface area contributed by atoms with Gasteiger partial charge in [-0.1, -0.05) is 62.4 Å². The maximum atomic E-state index is 5.95. The monoisotopic (exact) mass is 364 g/mol. The average molecular weight is 364 g/mol. The van der Waals surface area contributed by atoms with Crippen LogP contribution < -0.4 is 11.5 Å². The fraction of sp³-hybridized carbons (Fsp3) is 0.273. The van der Waals surface area contributed by atoms with E-state index in [4.69, 9.17) is 16.2 Å². The standard InChI is InChI=1S/C20H22N4O.C2H6/c1-14-7-8-16(13-25-12-15-5-3-2-4-6-15)9-17(14)10-18-11-23-20(22)24-19(18)21;1-2/h2-9,11H,10,12-13H2,1H3,(H4,21,22,23,24);1-2H3. The Morgan fingerprint density at radius 2 is 1.59 bits per heavy atom. The zero-order chi connectivity index (χ0) is 19.6. The van der Waals surface area contributed by atoms with Gasteiger partial charge in [0, 0.05) is 18.2 Å². The molecule has 142 valence electrons. The number of nitrogens with two attached hydrogens (primary N) is 2. The van der Waals surface area contributed by atoms with Gasteiger partial charge in [-0.15, -0.1) is 0 Å². The highest BCUT2D eigenvalue weighted by atomic mass is 16.5. The molecule has 0 amide bonds. The largest absolute Gasteiger partial charge is 0.383 e. The van der Waals surface area contributed by atoms with E-state index >= 15 is 0 Å². The number of aryl methyl sites for hydroxylation is 1. The zero-order valence-corrected chi connectivity index (χ0v) is 16.3. The molecule has 27 heavy (non-hydrogen) atoms. The molecule has 0 saturated carbocycles. The van der Waals surface area contributed by atoms with Crippen LogP contribution in [0.25, 0.3) is 0 Å². The first-order valence-corrected chi connectivity index (χ1v) is 9.19. The minimum Gasteiger partial charge on any atom is -0.383 e. The first kappa shape index (κ1) is 20.4. The van der Waals surface area contributed by atoms with Crippen molar-refractivity contribution in [1.82, 2.24) is 9.97 Å². The van der Waals surface area contributed by atoms with Crippen molar-refractivity contribution in [2.75, 3.05) is 11.5 Å². The van der Waals surface area contributed by atoms with Crippen molar-refractivity contribution < 1.29 is 4.74 Å². The third-order valence-electron chi connectivity index (χ3n) is 4.09. The van der Waals surface area contributed by atoms with Crippen LogP contribution in [-0.4, -0.2) is 9.97 Å². The predicted molar refractivity (Wildman–Crippen MR) is 111 cm³/mol. The van der Waals surface area contributed by atoms with Crippen molar-refractivity contribution in [2.24, 2.45) is 0 Å². The number of hydrogen-bond acceptors (Lipinski definition) is 5. The molecule has 0 bridgehead atoms. The van der Waals surface area contributed by atoms with Crippen molar-refractivity contribution in [3.05, 3.63) is 82.5 Å². The Hall–Kier alpha value is -2.92. The number of ether oxygens (including phenoxy) is 1. The molecule has 1 aromatic heterocycles. The summed E-state index contributed by atoms with van der Waals surface area (Å²) in [6, 6.07) is 16.5. The number of aromatic nitrogens is 2. The van der Waals surface area contributed by atoms with Crippen molar-refractivity contribution >= 4 is 11.8 Å². The van der Waals surface area contributed by atoms with Gasteiger partial charge in [0.2, 0.25) is 5.95 Å². The van der Waals surface area contributed by atoms with Crippen LogP contribution in [0.3, 0.4) is 0 Å². The van der Waals surface area contributed by atoms with Crippen LogP contribution in [0, 0.1) is 6.92 Å². The summed E-state index contributed by atoms with van der Waals surface area (Å²) in [5, 5.41) is 0. The lowest BCUT2D eigenvalue weighted by Crippen LogP contribution is -2.05. The molecule has 0 radical (unpaired) electrons. The van der Waals surface area contributed by atoms with E-state index in [0.717, 1.165) is 11.1 Å². The Labute approximate surface area is 161 Å². The molecule has 3 rings (SSSR count). The molecule has 2 aromatic carbocycles. The van der Waals surface area contributed by atoms with Crippen LogP contribution >= 0.6 is 0 Å². The first-order chi connectivity index (χ1) is 13.1. The summed E-state index contributed by atoms with van der Waals surface area (Å²) in [6.07, 6.45) is 2.36. The smallest absolute Gasteiger partial charge is 0.221 e. The minimum atomic E-state index is 0.195. The van der Waals surface area contributed by atoms with Crippen LogP contribution in [0.4, 0.5) is 11.8 Å². The number of hydrogen-bond donors (Lipinski definition) is 2. The maximum Gasteiger partial charge on any atom is 0.221 e. The molecule has 0 fully saturated rings. The van der Waals surface area contributed by atoms with E-state index in [0.29, 0.717) is 25.5 Å². The van der Waals surface area contributed by atoms with Gasteiger partial charge >= 0.3 is 0 Å². The van der Waals surface area contributed by atoms with Crippen LogP contribution in [0.1, 0.15) is 41.7 Å². The number of anilines is 2. The maximum absolute atomic E-state index is 5.95. The third kappa shape index (κ3) is 6.08. The van der Waals surface area contributed by atoms with Crippen molar-refractivity contribution in [3.8, 4) is 0 Å². The predicted octanol–water partition coefficient (Wildman–Crippen LogP) is 4.28. The van der Waals surface area contributed by atoms with Gasteiger partial charge in [-0.2, -0.15) is 4.98 Å². The Bertz CT molecular complexity index is 850. The van der Waals surface area contributed by atoms with E-state index in [9.17, 15) is 0 Å². The Morgan fingerprint density at radius 1 is 0.889 bits per heavy atom. The number of benzene rings is 2. The molecule has 0 atom stereocenters. The van der Waals surface area contributed by atoms with Crippen LogP contribution in [0.2, 0.25) is 0 Å². The number of nitrogens with zero attached hydrogens (tertiary/aromatic N) is 2. The molecule has 0 spiro atoms. The molecule has 5 heteroatoms. The molecular weight excluding hydrogens is 336 g/mol. The summed E-state index contributed by atoms with van der Waals surface area (Å²) in [4.78, 5) is 8.06. The number of nitrogen functional groups attached to an aromatic ring is 2. The summed E-state index contributed by atoms with van der Waals surface area (Å²) < 4.78 is 5.82. The SMILES string of the molecule is CC.Cc1ccc(COCc2ccccc2)cc1Cc1cnc(N)nc1N. The summed E-state index contributed by atoms with van der Waals surface area (Å²) in [7, 11) is 0. The molecule has 0 unspecified atom stereocenters. The van der Waals surface area contributed by atoms with Crippen LogP contribution in [0.15, 0.2) is 54.7 Å². The van der Waals surface area contributed by atoms with Gasteiger partial charge in [-0.3, -0.25) is 0 Å². The first-order valence-electron chi connectivity index (χ1n) is 9.19. The fourth-order valence-electron chi connectivity index (χ4n) is 2.64. The highest BCUT2D eigenvalue weighted by Crippen LogP contribution is 2.19. The third-order valence-corrected chi connectivity index (χ3v) is 4.09. The second-order valence-electron chi connectivity index (χ2n) is 6.05. The van der Waals surface area contributed by atoms with Gasteiger partial charge in [0.15, 0.2) is 0 Å². The highest BCUT2D eigenvalue weighted by Gasteiger charge is 2.07. The van der Waals surface area contributed by atoms with E-state index in [1.165, 1.54) is 16.7 Å². The lowest BCUT2D eigenvalue weighted by Gasteiger charge is -2.11. The quantitative estimate of drug-likeness (QED) is 0.681. The lowest BCUT2D eigenvalue weighted by molar-refractivity contribution is 0.107. The van der Waals surface area contributed by atoms with Crippen molar-refractivity contribution in [2.45, 2.75) is 40.4 Å². The van der Waals surface area contributed by atoms with Gasteiger partial charge in [-0.05, 0) is 29.2 Å². The topological polar surface area (TPSA) is 87.0 Å². The molecular formula is C22H28N4O. The molecule has 0 aliphatic heterocycles. The zero-order valence-electron chi connectivity index (χ0n) is 16.3. The summed E-state index contributed by atoms with van der Waals surface area (Å²) >= 11 is 0. The molecule has 4 N–H and O–H groups in total. The highest BCUT2D eigenvalue weighted by molar-refractivity contribution is 5.45. The fourth-order valence-corrected chi connectivity index (χ4v) is 2.64. The van der Waals surface area contributed by atoms with E-state index < -0.39 is 0 Å². The normalized spacial score (nSPS) is 10.2. The molecule has 0 aliphatic carbocycles. The van der Waals surface area contributed by atoms with Gasteiger partial charge in [0.25, 0.3) is 0 Å². The van der Waals surface area contributed by atoms with Crippen LogP contribution in [0.5, 0.6) is 0 Å². The summed E-state index contributed by atoms with van der Waals surface area (Å²) in [5.41, 5.74) is 17.1. The Balaban J connectivity index is 0.00000126. The van der Waals surface area contributed by atoms with Gasteiger partial charge in [0.05, 0.1) is 13.2 Å². The second-order valence-corrected chi connectivity index (χ2v) is 6.05. The molecule has 5 nitrogen and oxygen atoms in total. The van der Waals surface area contributed by atoms with Crippen molar-refractivity contribution in [1.29, 1.82) is 0 Å². The lowest BCUT2D eigenvalue weighted by atomic mass is 9.99. The van der Waals surface area contributed by atoms with Gasteiger partial charge < -0.3 is 16.2 Å². The van der Waals surface area contributed by atoms with E-state index in [1.54, 1.807) is 6.20 Å². The van der Waals surface area contributed by atoms with Gasteiger partial charge in [0.1, 0.15) is 5.82 Å². The average Bonchev–Trinajstić information content (AvgIpc) is 2.69. The molecule has 1 heterocycles. The molecule has 0 saturated heterocycles. The van der Waals surface area contributed by atoms with Gasteiger partial charge in [-0.25, -0.2) is 4.98 Å². The van der Waals surface area contributed by atoms with Crippen molar-refractivity contribution in [3.63, 3.8) is 0 Å². The molecule has 0 aliphatic rings. The summed E-state index contributed by atoms with van der Waals surface area (Å²) in [6.45, 7) is 7.25. The van der Waals surface area contributed by atoms with Crippen LogP contribution in [-0.2, 0) is 24.4 Å². The number of rotatable bonds is 6. The van der Waals surface area contributed by atoms with E-state index in [2.05, 4.69) is 47.2 Å². The van der Waals surface area contributed by atoms with E-state index in [1.807, 2.05) is 32.0 Å². The summed E-state index contributed by atoms with van der Waals surface area (Å²) in [5.74, 6) is 0.624. The minimum absolute atomic E-state index is 0.195. The molecule has 3 aromatic rings. The van der Waals surface area contributed by atoms with E-state index in [-0.39, 0.29) is 5.95 Å². The Kier molecular flexibility index (Phi) is 7.77. The Morgan fingerprint density at radius 3 is 2.30 bits per heavy atom. The second kappa shape index (κ2) is 10.3.